The van der Waals surface area contributed by atoms with Crippen molar-refractivity contribution >= 4 is 39.9 Å². The Morgan fingerprint density at radius 1 is 1.33 bits per heavy atom. The van der Waals surface area contributed by atoms with Crippen LogP contribution in [0.3, 0.4) is 0 Å². The van der Waals surface area contributed by atoms with E-state index in [2.05, 4.69) is 30.1 Å². The molecule has 1 aliphatic heterocycles. The quantitative estimate of drug-likeness (QED) is 0.777. The highest BCUT2D eigenvalue weighted by Crippen LogP contribution is 2.29. The van der Waals surface area contributed by atoms with E-state index in [1.54, 1.807) is 22.0 Å². The van der Waals surface area contributed by atoms with Crippen LogP contribution in [0.2, 0.25) is 0 Å². The van der Waals surface area contributed by atoms with Crippen LogP contribution in [0.25, 0.3) is 22.6 Å². The van der Waals surface area contributed by atoms with Gasteiger partial charge in [0.25, 0.3) is 5.56 Å². The summed E-state index contributed by atoms with van der Waals surface area (Å²) in [4.78, 5) is 30.7. The molecular formula is C18H14N2O3S. The van der Waals surface area contributed by atoms with E-state index in [1.807, 2.05) is 0 Å². The fraction of sp³-hybridized carbons (Fsp3) is 0.167. The van der Waals surface area contributed by atoms with E-state index in [1.165, 1.54) is 17.0 Å². The van der Waals surface area contributed by atoms with Gasteiger partial charge in [0.15, 0.2) is 0 Å². The molecule has 0 radical (unpaired) electrons. The molecule has 0 amide bonds. The third-order valence-corrected chi connectivity index (χ3v) is 5.12. The van der Waals surface area contributed by atoms with E-state index in [-0.39, 0.29) is 11.1 Å². The maximum Gasteiger partial charge on any atom is 0.335 e. The SMILES string of the molecule is Cc1ccc(C=C2CCn3c2nc2cc(C(=O)O)ccc2c3=O)s1. The van der Waals surface area contributed by atoms with E-state index in [9.17, 15) is 9.59 Å². The Hall–Kier alpha value is -2.73. The van der Waals surface area contributed by atoms with Gasteiger partial charge >= 0.3 is 5.97 Å². The molecule has 4 rings (SSSR count). The van der Waals surface area contributed by atoms with Crippen LogP contribution in [-0.4, -0.2) is 20.6 Å². The maximum absolute atomic E-state index is 12.7. The number of aromatic carboxylic acids is 1. The minimum Gasteiger partial charge on any atom is -0.478 e. The number of hydrogen-bond acceptors (Lipinski definition) is 4. The number of carboxylic acids is 1. The van der Waals surface area contributed by atoms with Gasteiger partial charge in [0, 0.05) is 16.3 Å². The molecule has 0 bridgehead atoms. The molecule has 0 saturated heterocycles. The Bertz CT molecular complexity index is 1080. The lowest BCUT2D eigenvalue weighted by Gasteiger charge is -2.06. The number of carboxylic acid groups (broad SMARTS) is 1. The number of rotatable bonds is 2. The van der Waals surface area contributed by atoms with Gasteiger partial charge in [-0.15, -0.1) is 11.3 Å². The number of thiophene rings is 1. The zero-order chi connectivity index (χ0) is 16.8. The van der Waals surface area contributed by atoms with E-state index >= 15 is 0 Å². The van der Waals surface area contributed by atoms with Crippen LogP contribution in [0.4, 0.5) is 0 Å². The molecule has 2 aromatic heterocycles. The molecule has 24 heavy (non-hydrogen) atoms. The molecule has 0 unspecified atom stereocenters. The summed E-state index contributed by atoms with van der Waals surface area (Å²) in [5.74, 6) is -0.384. The third kappa shape index (κ3) is 2.35. The second-order valence-corrected chi connectivity index (χ2v) is 7.12. The second kappa shape index (κ2) is 5.42. The molecule has 6 heteroatoms. The van der Waals surface area contributed by atoms with Gasteiger partial charge in [0.1, 0.15) is 5.82 Å². The minimum absolute atomic E-state index is 0.113. The molecule has 3 heterocycles. The molecule has 120 valence electrons. The van der Waals surface area contributed by atoms with Crippen molar-refractivity contribution in [2.45, 2.75) is 19.9 Å². The normalized spacial score (nSPS) is 15.1. The minimum atomic E-state index is -1.02. The Morgan fingerprint density at radius 2 is 2.17 bits per heavy atom. The summed E-state index contributed by atoms with van der Waals surface area (Å²) in [7, 11) is 0. The van der Waals surface area contributed by atoms with Crippen LogP contribution in [0.15, 0.2) is 35.1 Å². The first-order valence-electron chi connectivity index (χ1n) is 7.58. The molecule has 0 atom stereocenters. The fourth-order valence-electron chi connectivity index (χ4n) is 2.99. The molecule has 1 aromatic carbocycles. The average Bonchev–Trinajstić information content (AvgIpc) is 3.14. The van der Waals surface area contributed by atoms with Gasteiger partial charge in [-0.1, -0.05) is 0 Å². The highest BCUT2D eigenvalue weighted by Gasteiger charge is 2.21. The Balaban J connectivity index is 1.91. The molecule has 0 saturated carbocycles. The molecule has 0 aliphatic carbocycles. The lowest BCUT2D eigenvalue weighted by Crippen LogP contribution is -2.20. The van der Waals surface area contributed by atoms with Crippen LogP contribution in [0.1, 0.15) is 32.4 Å². The Labute approximate surface area is 141 Å². The zero-order valence-corrected chi connectivity index (χ0v) is 13.8. The first-order valence-corrected chi connectivity index (χ1v) is 8.40. The number of hydrogen-bond donors (Lipinski definition) is 1. The van der Waals surface area contributed by atoms with Crippen molar-refractivity contribution in [3.63, 3.8) is 0 Å². The lowest BCUT2D eigenvalue weighted by atomic mass is 10.1. The van der Waals surface area contributed by atoms with E-state index in [0.29, 0.717) is 23.3 Å². The van der Waals surface area contributed by atoms with Crippen LogP contribution < -0.4 is 5.56 Å². The highest BCUT2D eigenvalue weighted by atomic mass is 32.1. The first-order chi connectivity index (χ1) is 11.5. The van der Waals surface area contributed by atoms with Gasteiger partial charge < -0.3 is 5.11 Å². The van der Waals surface area contributed by atoms with E-state index < -0.39 is 5.97 Å². The monoisotopic (exact) mass is 338 g/mol. The number of benzene rings is 1. The molecule has 1 N–H and O–H groups in total. The van der Waals surface area contributed by atoms with Crippen molar-refractivity contribution in [3.05, 3.63) is 61.8 Å². The predicted octanol–water partition coefficient (Wildman–Crippen LogP) is 3.41. The fourth-order valence-corrected chi connectivity index (χ4v) is 3.84. The van der Waals surface area contributed by atoms with Crippen molar-refractivity contribution in [2.75, 3.05) is 0 Å². The molecule has 1 aliphatic rings. The molecule has 3 aromatic rings. The van der Waals surface area contributed by atoms with E-state index in [0.717, 1.165) is 16.9 Å². The smallest absolute Gasteiger partial charge is 0.335 e. The largest absolute Gasteiger partial charge is 0.478 e. The van der Waals surface area contributed by atoms with E-state index in [4.69, 9.17) is 5.11 Å². The number of nitrogens with zero attached hydrogens (tertiary/aromatic N) is 2. The number of aromatic nitrogens is 2. The number of aryl methyl sites for hydroxylation is 1. The van der Waals surface area contributed by atoms with Crippen molar-refractivity contribution < 1.29 is 9.90 Å². The van der Waals surface area contributed by atoms with Gasteiger partial charge in [0.2, 0.25) is 0 Å². The summed E-state index contributed by atoms with van der Waals surface area (Å²) in [5, 5.41) is 9.59. The zero-order valence-electron chi connectivity index (χ0n) is 12.9. The summed E-state index contributed by atoms with van der Waals surface area (Å²) < 4.78 is 1.68. The van der Waals surface area contributed by atoms with Gasteiger partial charge in [-0.05, 0) is 55.3 Å². The Kier molecular flexibility index (Phi) is 3.35. The Morgan fingerprint density at radius 3 is 2.88 bits per heavy atom. The number of fused-ring (bicyclic) bond motifs is 2. The average molecular weight is 338 g/mol. The van der Waals surface area contributed by atoms with Crippen molar-refractivity contribution in [1.29, 1.82) is 0 Å². The van der Waals surface area contributed by atoms with Crippen LogP contribution in [0.5, 0.6) is 0 Å². The highest BCUT2D eigenvalue weighted by molar-refractivity contribution is 7.12. The van der Waals surface area contributed by atoms with Gasteiger partial charge in [0.05, 0.1) is 16.5 Å². The maximum atomic E-state index is 12.7. The summed E-state index contributed by atoms with van der Waals surface area (Å²) in [5.41, 5.74) is 1.47. The summed E-state index contributed by atoms with van der Waals surface area (Å²) in [6.45, 7) is 2.66. The van der Waals surface area contributed by atoms with Gasteiger partial charge in [-0.25, -0.2) is 9.78 Å². The number of carbonyl (C=O) groups is 1. The van der Waals surface area contributed by atoms with Crippen LogP contribution >= 0.6 is 11.3 Å². The summed E-state index contributed by atoms with van der Waals surface area (Å²) in [6.07, 6.45) is 2.82. The van der Waals surface area contributed by atoms with Crippen LogP contribution in [0, 0.1) is 6.92 Å². The topological polar surface area (TPSA) is 72.2 Å². The summed E-state index contributed by atoms with van der Waals surface area (Å²) in [6, 6.07) is 8.57. The van der Waals surface area contributed by atoms with Gasteiger partial charge in [-0.3, -0.25) is 9.36 Å². The molecular weight excluding hydrogens is 324 g/mol. The van der Waals surface area contributed by atoms with Crippen molar-refractivity contribution in [1.82, 2.24) is 9.55 Å². The standard InChI is InChI=1S/C18H14N2O3S/c1-10-2-4-13(24-10)8-11-6-7-20-16(11)19-15-9-12(18(22)23)3-5-14(15)17(20)21/h2-5,8-9H,6-7H2,1H3,(H,22,23). The van der Waals surface area contributed by atoms with Gasteiger partial charge in [-0.2, -0.15) is 0 Å². The second-order valence-electron chi connectivity index (χ2n) is 5.80. The van der Waals surface area contributed by atoms with Crippen molar-refractivity contribution in [2.24, 2.45) is 0 Å². The molecule has 0 fully saturated rings. The first kappa shape index (κ1) is 14.8. The van der Waals surface area contributed by atoms with Crippen LogP contribution in [-0.2, 0) is 6.54 Å². The predicted molar refractivity (Wildman–Crippen MR) is 94.5 cm³/mol. The lowest BCUT2D eigenvalue weighted by molar-refractivity contribution is 0.0697. The van der Waals surface area contributed by atoms with Crippen molar-refractivity contribution in [3.8, 4) is 0 Å². The summed E-state index contributed by atoms with van der Waals surface area (Å²) >= 11 is 1.69. The third-order valence-electron chi connectivity index (χ3n) is 4.17. The molecule has 0 spiro atoms. The number of allylic oxidation sites excluding steroid dienone is 1. The molecule has 5 nitrogen and oxygen atoms in total.